The van der Waals surface area contributed by atoms with E-state index in [4.69, 9.17) is 5.73 Å². The van der Waals surface area contributed by atoms with Crippen molar-refractivity contribution in [3.63, 3.8) is 0 Å². The van der Waals surface area contributed by atoms with Gasteiger partial charge in [-0.05, 0) is 24.3 Å². The Morgan fingerprint density at radius 1 is 1.37 bits per heavy atom. The molecular weight excluding hydrogens is 236 g/mol. The number of carbonyl (C=O) groups is 1. The van der Waals surface area contributed by atoms with Crippen LogP contribution in [0.5, 0.6) is 0 Å². The number of hydrogen-bond donors (Lipinski definition) is 1. The van der Waals surface area contributed by atoms with E-state index in [0.29, 0.717) is 12.5 Å². The molecule has 0 saturated carbocycles. The first-order valence-electron chi connectivity index (χ1n) is 7.20. The van der Waals surface area contributed by atoms with Crippen molar-refractivity contribution in [1.29, 1.82) is 0 Å². The third kappa shape index (κ3) is 2.98. The second-order valence-corrected chi connectivity index (χ2v) is 5.69. The van der Waals surface area contributed by atoms with Crippen molar-refractivity contribution in [2.24, 2.45) is 17.6 Å². The molecule has 1 aliphatic heterocycles. The summed E-state index contributed by atoms with van der Waals surface area (Å²) in [7, 11) is 0. The lowest BCUT2D eigenvalue weighted by Crippen LogP contribution is -2.41. The molecule has 0 spiro atoms. The maximum atomic E-state index is 12.6. The second kappa shape index (κ2) is 6.20. The van der Waals surface area contributed by atoms with E-state index in [-0.39, 0.29) is 17.9 Å². The summed E-state index contributed by atoms with van der Waals surface area (Å²) >= 11 is 0. The summed E-state index contributed by atoms with van der Waals surface area (Å²) in [5.74, 6) is 0.475. The largest absolute Gasteiger partial charge is 0.335 e. The van der Waals surface area contributed by atoms with Crippen LogP contribution in [0.4, 0.5) is 0 Å². The molecule has 104 valence electrons. The third-order valence-electron chi connectivity index (χ3n) is 4.10. The first-order chi connectivity index (χ1) is 9.15. The minimum atomic E-state index is -0.0516. The Morgan fingerprint density at radius 2 is 2.05 bits per heavy atom. The molecule has 1 aromatic rings. The molecule has 2 atom stereocenters. The highest BCUT2D eigenvalue weighted by molar-refractivity contribution is 5.80. The lowest BCUT2D eigenvalue weighted by atomic mass is 9.93. The van der Waals surface area contributed by atoms with E-state index >= 15 is 0 Å². The SMILES string of the molecule is CC(C)C(CN)C(=O)N1CCCC1c1ccccc1. The van der Waals surface area contributed by atoms with E-state index in [1.807, 2.05) is 23.1 Å². The first kappa shape index (κ1) is 14.1. The summed E-state index contributed by atoms with van der Waals surface area (Å²) in [6.07, 6.45) is 2.14. The molecule has 2 unspecified atom stereocenters. The summed E-state index contributed by atoms with van der Waals surface area (Å²) in [4.78, 5) is 14.7. The molecular formula is C16H24N2O. The zero-order chi connectivity index (χ0) is 13.8. The van der Waals surface area contributed by atoms with Gasteiger partial charge in [-0.2, -0.15) is 0 Å². The van der Waals surface area contributed by atoms with E-state index in [1.165, 1.54) is 5.56 Å². The van der Waals surface area contributed by atoms with Crippen LogP contribution >= 0.6 is 0 Å². The Hall–Kier alpha value is -1.35. The number of nitrogens with zero attached hydrogens (tertiary/aromatic N) is 1. The summed E-state index contributed by atoms with van der Waals surface area (Å²) in [5.41, 5.74) is 7.02. The predicted octanol–water partition coefficient (Wildman–Crippen LogP) is 2.58. The standard InChI is InChI=1S/C16H24N2O/c1-12(2)14(11-17)16(19)18-10-6-9-15(18)13-7-4-3-5-8-13/h3-5,7-8,12,14-15H,6,9-11,17H2,1-2H3. The highest BCUT2D eigenvalue weighted by Crippen LogP contribution is 2.33. The average Bonchev–Trinajstić information content (AvgIpc) is 2.89. The van der Waals surface area contributed by atoms with Crippen LogP contribution in [-0.2, 0) is 4.79 Å². The topological polar surface area (TPSA) is 46.3 Å². The molecule has 3 nitrogen and oxygen atoms in total. The van der Waals surface area contributed by atoms with Crippen molar-refractivity contribution < 1.29 is 4.79 Å². The highest BCUT2D eigenvalue weighted by atomic mass is 16.2. The number of carbonyl (C=O) groups excluding carboxylic acids is 1. The van der Waals surface area contributed by atoms with Gasteiger partial charge in [0.2, 0.25) is 5.91 Å². The van der Waals surface area contributed by atoms with Crippen LogP contribution < -0.4 is 5.73 Å². The van der Waals surface area contributed by atoms with Crippen LogP contribution in [0.3, 0.4) is 0 Å². The molecule has 0 aromatic heterocycles. The summed E-state index contributed by atoms with van der Waals surface area (Å²) in [6.45, 7) is 5.45. The van der Waals surface area contributed by atoms with Gasteiger partial charge in [-0.25, -0.2) is 0 Å². The average molecular weight is 260 g/mol. The van der Waals surface area contributed by atoms with E-state index in [0.717, 1.165) is 19.4 Å². The fourth-order valence-corrected chi connectivity index (χ4v) is 2.92. The van der Waals surface area contributed by atoms with Gasteiger partial charge in [0, 0.05) is 13.1 Å². The molecule has 1 saturated heterocycles. The van der Waals surface area contributed by atoms with Crippen LogP contribution in [0.2, 0.25) is 0 Å². The number of likely N-dealkylation sites (tertiary alicyclic amines) is 1. The highest BCUT2D eigenvalue weighted by Gasteiger charge is 2.34. The first-order valence-corrected chi connectivity index (χ1v) is 7.20. The zero-order valence-corrected chi connectivity index (χ0v) is 11.9. The Balaban J connectivity index is 2.17. The van der Waals surface area contributed by atoms with Gasteiger partial charge in [0.05, 0.1) is 12.0 Å². The maximum Gasteiger partial charge on any atom is 0.227 e. The third-order valence-corrected chi connectivity index (χ3v) is 4.10. The number of benzene rings is 1. The molecule has 2 N–H and O–H groups in total. The van der Waals surface area contributed by atoms with Crippen molar-refractivity contribution in [3.05, 3.63) is 35.9 Å². The molecule has 1 heterocycles. The van der Waals surface area contributed by atoms with Gasteiger partial charge in [0.25, 0.3) is 0 Å². The molecule has 0 radical (unpaired) electrons. The molecule has 2 rings (SSSR count). The van der Waals surface area contributed by atoms with Crippen LogP contribution in [0.1, 0.15) is 38.3 Å². The second-order valence-electron chi connectivity index (χ2n) is 5.69. The fourth-order valence-electron chi connectivity index (χ4n) is 2.92. The van der Waals surface area contributed by atoms with Crippen molar-refractivity contribution in [2.45, 2.75) is 32.7 Å². The van der Waals surface area contributed by atoms with Crippen LogP contribution in [0.15, 0.2) is 30.3 Å². The maximum absolute atomic E-state index is 12.6. The van der Waals surface area contributed by atoms with Crippen LogP contribution in [0.25, 0.3) is 0 Å². The fraction of sp³-hybridized carbons (Fsp3) is 0.562. The van der Waals surface area contributed by atoms with Gasteiger partial charge in [-0.3, -0.25) is 4.79 Å². The zero-order valence-electron chi connectivity index (χ0n) is 11.9. The van der Waals surface area contributed by atoms with Crippen molar-refractivity contribution in [2.75, 3.05) is 13.1 Å². The summed E-state index contributed by atoms with van der Waals surface area (Å²) in [5, 5.41) is 0. The Morgan fingerprint density at radius 3 is 2.63 bits per heavy atom. The molecule has 1 aliphatic rings. The molecule has 1 fully saturated rings. The monoisotopic (exact) mass is 260 g/mol. The number of amides is 1. The minimum absolute atomic E-state index is 0.0516. The molecule has 3 heteroatoms. The van der Waals surface area contributed by atoms with Gasteiger partial charge in [-0.15, -0.1) is 0 Å². The molecule has 1 amide bonds. The molecule has 0 aliphatic carbocycles. The minimum Gasteiger partial charge on any atom is -0.335 e. The van der Waals surface area contributed by atoms with E-state index in [2.05, 4.69) is 26.0 Å². The molecule has 0 bridgehead atoms. The van der Waals surface area contributed by atoms with Gasteiger partial charge in [-0.1, -0.05) is 44.2 Å². The van der Waals surface area contributed by atoms with Crippen LogP contribution in [0, 0.1) is 11.8 Å². The van der Waals surface area contributed by atoms with Gasteiger partial charge in [0.1, 0.15) is 0 Å². The Bertz CT molecular complexity index is 416. The predicted molar refractivity (Wildman–Crippen MR) is 77.5 cm³/mol. The van der Waals surface area contributed by atoms with E-state index in [9.17, 15) is 4.79 Å². The van der Waals surface area contributed by atoms with Crippen LogP contribution in [-0.4, -0.2) is 23.9 Å². The Labute approximate surface area is 115 Å². The number of nitrogens with two attached hydrogens (primary N) is 1. The van der Waals surface area contributed by atoms with Crippen molar-refractivity contribution in [1.82, 2.24) is 4.90 Å². The van der Waals surface area contributed by atoms with Gasteiger partial charge < -0.3 is 10.6 Å². The molecule has 1 aromatic carbocycles. The lowest BCUT2D eigenvalue weighted by molar-refractivity contribution is -0.137. The van der Waals surface area contributed by atoms with Gasteiger partial charge in [0.15, 0.2) is 0 Å². The summed E-state index contributed by atoms with van der Waals surface area (Å²) in [6, 6.07) is 10.6. The normalized spacial score (nSPS) is 20.8. The summed E-state index contributed by atoms with van der Waals surface area (Å²) < 4.78 is 0. The number of hydrogen-bond acceptors (Lipinski definition) is 2. The van der Waals surface area contributed by atoms with E-state index < -0.39 is 0 Å². The van der Waals surface area contributed by atoms with Crippen molar-refractivity contribution in [3.8, 4) is 0 Å². The molecule has 19 heavy (non-hydrogen) atoms. The van der Waals surface area contributed by atoms with Crippen molar-refractivity contribution >= 4 is 5.91 Å². The Kier molecular flexibility index (Phi) is 4.59. The van der Waals surface area contributed by atoms with E-state index in [1.54, 1.807) is 0 Å². The smallest absolute Gasteiger partial charge is 0.227 e. The lowest BCUT2D eigenvalue weighted by Gasteiger charge is -2.30. The number of rotatable bonds is 4. The quantitative estimate of drug-likeness (QED) is 0.904. The van der Waals surface area contributed by atoms with Gasteiger partial charge >= 0.3 is 0 Å².